The van der Waals surface area contributed by atoms with Crippen LogP contribution >= 0.6 is 11.6 Å². The molecule has 0 aliphatic heterocycles. The fourth-order valence-corrected chi connectivity index (χ4v) is 5.79. The van der Waals surface area contributed by atoms with Gasteiger partial charge in [0.2, 0.25) is 11.8 Å². The lowest BCUT2D eigenvalue weighted by Crippen LogP contribution is -2.51. The van der Waals surface area contributed by atoms with E-state index in [1.54, 1.807) is 31.2 Å². The summed E-state index contributed by atoms with van der Waals surface area (Å²) in [6.07, 6.45) is 0.367. The molecular formula is C28H32ClN3O4S. The molecule has 37 heavy (non-hydrogen) atoms. The monoisotopic (exact) mass is 541 g/mol. The van der Waals surface area contributed by atoms with Gasteiger partial charge in [-0.2, -0.15) is 0 Å². The van der Waals surface area contributed by atoms with Gasteiger partial charge in [0.1, 0.15) is 12.6 Å². The minimum atomic E-state index is -4.13. The van der Waals surface area contributed by atoms with Gasteiger partial charge in [0.15, 0.2) is 0 Å². The standard InChI is InChI=1S/C28H32ClN3O4S/c1-5-25(28(34)30-4)31(18-22-11-8-9-20(2)17-22)27(33)19-32(26-12-7-6-10-21(26)3)37(35,36)24-15-13-23(29)14-16-24/h6-17,25H,5,18-19H2,1-4H3,(H,30,34). The van der Waals surface area contributed by atoms with Crippen molar-refractivity contribution in [2.75, 3.05) is 17.9 Å². The number of benzene rings is 3. The Hall–Kier alpha value is -3.36. The van der Waals surface area contributed by atoms with Crippen molar-refractivity contribution < 1.29 is 18.0 Å². The molecule has 0 spiro atoms. The molecule has 0 saturated carbocycles. The van der Waals surface area contributed by atoms with Crippen LogP contribution in [-0.4, -0.2) is 44.8 Å². The maximum Gasteiger partial charge on any atom is 0.264 e. The van der Waals surface area contributed by atoms with Gasteiger partial charge in [-0.15, -0.1) is 0 Å². The van der Waals surface area contributed by atoms with E-state index in [2.05, 4.69) is 5.32 Å². The number of likely N-dealkylation sites (N-methyl/N-ethyl adjacent to an activating group) is 1. The molecule has 0 fully saturated rings. The first kappa shape index (κ1) is 28.2. The topological polar surface area (TPSA) is 86.8 Å². The van der Waals surface area contributed by atoms with E-state index in [1.165, 1.54) is 36.2 Å². The third kappa shape index (κ3) is 6.70. The van der Waals surface area contributed by atoms with Crippen LogP contribution in [0.2, 0.25) is 5.02 Å². The SMILES string of the molecule is CCC(C(=O)NC)N(Cc1cccc(C)c1)C(=O)CN(c1ccccc1C)S(=O)(=O)c1ccc(Cl)cc1. The third-order valence-electron chi connectivity index (χ3n) is 6.13. The fraction of sp³-hybridized carbons (Fsp3) is 0.286. The molecule has 0 aliphatic carbocycles. The largest absolute Gasteiger partial charge is 0.357 e. The second-order valence-electron chi connectivity index (χ2n) is 8.80. The number of hydrogen-bond acceptors (Lipinski definition) is 4. The van der Waals surface area contributed by atoms with Gasteiger partial charge in [0, 0.05) is 18.6 Å². The molecule has 196 valence electrons. The van der Waals surface area contributed by atoms with Crippen LogP contribution in [-0.2, 0) is 26.2 Å². The summed E-state index contributed by atoms with van der Waals surface area (Å²) in [6.45, 7) is 5.24. The number of halogens is 1. The summed E-state index contributed by atoms with van der Waals surface area (Å²) in [7, 11) is -2.61. The molecule has 7 nitrogen and oxygen atoms in total. The highest BCUT2D eigenvalue weighted by Crippen LogP contribution is 2.28. The molecule has 0 saturated heterocycles. The average molecular weight is 542 g/mol. The quantitative estimate of drug-likeness (QED) is 0.403. The van der Waals surface area contributed by atoms with Crippen molar-refractivity contribution in [1.29, 1.82) is 0 Å². The highest BCUT2D eigenvalue weighted by atomic mass is 35.5. The Kier molecular flexibility index (Phi) is 9.34. The molecule has 3 aromatic rings. The molecule has 0 bridgehead atoms. The number of carbonyl (C=O) groups excluding carboxylic acids is 2. The molecule has 3 rings (SSSR count). The molecule has 1 unspecified atom stereocenters. The molecule has 1 atom stereocenters. The minimum absolute atomic E-state index is 0.0107. The summed E-state index contributed by atoms with van der Waals surface area (Å²) in [4.78, 5) is 28.1. The molecule has 0 heterocycles. The third-order valence-corrected chi connectivity index (χ3v) is 8.16. The molecule has 9 heteroatoms. The summed E-state index contributed by atoms with van der Waals surface area (Å²) in [5, 5.41) is 3.03. The highest BCUT2D eigenvalue weighted by molar-refractivity contribution is 7.92. The van der Waals surface area contributed by atoms with Gasteiger partial charge >= 0.3 is 0 Å². The Balaban J connectivity index is 2.07. The van der Waals surface area contributed by atoms with E-state index in [0.29, 0.717) is 22.7 Å². The number of hydrogen-bond donors (Lipinski definition) is 1. The molecule has 0 aromatic heterocycles. The number of aryl methyl sites for hydroxylation is 2. The number of amides is 2. The van der Waals surface area contributed by atoms with E-state index in [9.17, 15) is 18.0 Å². The lowest BCUT2D eigenvalue weighted by atomic mass is 10.1. The Bertz CT molecular complexity index is 1360. The van der Waals surface area contributed by atoms with Gasteiger partial charge < -0.3 is 10.2 Å². The van der Waals surface area contributed by atoms with Gasteiger partial charge in [-0.25, -0.2) is 8.42 Å². The van der Waals surface area contributed by atoms with Crippen LogP contribution in [0, 0.1) is 13.8 Å². The normalized spacial score (nSPS) is 12.0. The zero-order chi connectivity index (χ0) is 27.2. The maximum atomic E-state index is 13.9. The van der Waals surface area contributed by atoms with Crippen molar-refractivity contribution in [3.63, 3.8) is 0 Å². The Labute approximate surface area is 224 Å². The van der Waals surface area contributed by atoms with Crippen LogP contribution in [0.15, 0.2) is 77.7 Å². The van der Waals surface area contributed by atoms with Crippen LogP contribution in [0.25, 0.3) is 0 Å². The van der Waals surface area contributed by atoms with E-state index in [1.807, 2.05) is 38.1 Å². The van der Waals surface area contributed by atoms with E-state index in [0.717, 1.165) is 15.4 Å². The highest BCUT2D eigenvalue weighted by Gasteiger charge is 2.33. The van der Waals surface area contributed by atoms with Gasteiger partial charge in [-0.05, 0) is 61.7 Å². The summed E-state index contributed by atoms with van der Waals surface area (Å²) < 4.78 is 28.7. The number of rotatable bonds is 10. The molecule has 3 aromatic carbocycles. The molecule has 0 aliphatic rings. The van der Waals surface area contributed by atoms with Gasteiger partial charge in [-0.3, -0.25) is 13.9 Å². The van der Waals surface area contributed by atoms with Crippen molar-refractivity contribution >= 4 is 39.1 Å². The number of nitrogens with zero attached hydrogens (tertiary/aromatic N) is 2. The minimum Gasteiger partial charge on any atom is -0.357 e. The molecule has 0 radical (unpaired) electrons. The van der Waals surface area contributed by atoms with Crippen LogP contribution in [0.1, 0.15) is 30.0 Å². The number of nitrogens with one attached hydrogen (secondary N) is 1. The van der Waals surface area contributed by atoms with Crippen LogP contribution in [0.4, 0.5) is 5.69 Å². The lowest BCUT2D eigenvalue weighted by Gasteiger charge is -2.33. The fourth-order valence-electron chi connectivity index (χ4n) is 4.18. The first-order chi connectivity index (χ1) is 17.6. The first-order valence-electron chi connectivity index (χ1n) is 12.0. The molecule has 1 N–H and O–H groups in total. The summed E-state index contributed by atoms with van der Waals surface area (Å²) in [6, 6.07) is 19.7. The zero-order valence-electron chi connectivity index (χ0n) is 21.4. The summed E-state index contributed by atoms with van der Waals surface area (Å²) >= 11 is 5.98. The van der Waals surface area contributed by atoms with Gasteiger partial charge in [0.05, 0.1) is 10.6 Å². The van der Waals surface area contributed by atoms with Crippen molar-refractivity contribution in [3.8, 4) is 0 Å². The number of para-hydroxylation sites is 1. The lowest BCUT2D eigenvalue weighted by molar-refractivity contribution is -0.140. The van der Waals surface area contributed by atoms with Crippen LogP contribution in [0.5, 0.6) is 0 Å². The van der Waals surface area contributed by atoms with Gasteiger partial charge in [-0.1, -0.05) is 66.6 Å². The predicted octanol–water partition coefficient (Wildman–Crippen LogP) is 4.71. The van der Waals surface area contributed by atoms with Crippen molar-refractivity contribution in [1.82, 2.24) is 10.2 Å². The van der Waals surface area contributed by atoms with Crippen molar-refractivity contribution in [2.24, 2.45) is 0 Å². The van der Waals surface area contributed by atoms with E-state index < -0.39 is 28.5 Å². The average Bonchev–Trinajstić information content (AvgIpc) is 2.87. The van der Waals surface area contributed by atoms with E-state index in [-0.39, 0.29) is 17.3 Å². The first-order valence-corrected chi connectivity index (χ1v) is 13.8. The number of carbonyl (C=O) groups is 2. The van der Waals surface area contributed by atoms with Crippen LogP contribution < -0.4 is 9.62 Å². The smallest absolute Gasteiger partial charge is 0.264 e. The second-order valence-corrected chi connectivity index (χ2v) is 11.1. The zero-order valence-corrected chi connectivity index (χ0v) is 23.0. The summed E-state index contributed by atoms with van der Waals surface area (Å²) in [5.41, 5.74) is 2.94. The number of anilines is 1. The Morgan fingerprint density at radius 3 is 2.24 bits per heavy atom. The second kappa shape index (κ2) is 12.3. The van der Waals surface area contributed by atoms with Crippen molar-refractivity contribution in [2.45, 2.75) is 44.7 Å². The Morgan fingerprint density at radius 1 is 0.973 bits per heavy atom. The maximum absolute atomic E-state index is 13.9. The van der Waals surface area contributed by atoms with E-state index >= 15 is 0 Å². The van der Waals surface area contributed by atoms with Gasteiger partial charge in [0.25, 0.3) is 10.0 Å². The summed E-state index contributed by atoms with van der Waals surface area (Å²) in [5.74, 6) is -0.802. The predicted molar refractivity (Wildman–Crippen MR) is 147 cm³/mol. The molecule has 2 amide bonds. The molecular weight excluding hydrogens is 510 g/mol. The Morgan fingerprint density at radius 2 is 1.65 bits per heavy atom. The number of sulfonamides is 1. The van der Waals surface area contributed by atoms with Crippen LogP contribution in [0.3, 0.4) is 0 Å². The van der Waals surface area contributed by atoms with E-state index in [4.69, 9.17) is 11.6 Å². The van der Waals surface area contributed by atoms with Crippen molar-refractivity contribution in [3.05, 3.63) is 94.5 Å².